The molecule has 1 saturated heterocycles. The summed E-state index contributed by atoms with van der Waals surface area (Å²) in [4.78, 5) is 7.15. The van der Waals surface area contributed by atoms with Crippen molar-refractivity contribution in [3.63, 3.8) is 0 Å². The highest BCUT2D eigenvalue weighted by Crippen LogP contribution is 2.31. The summed E-state index contributed by atoms with van der Waals surface area (Å²) in [6.07, 6.45) is 0.796. The summed E-state index contributed by atoms with van der Waals surface area (Å²) >= 11 is 1.61. The molecule has 0 saturated carbocycles. The minimum Gasteiger partial charge on any atom is -0.493 e. The van der Waals surface area contributed by atoms with E-state index in [0.717, 1.165) is 17.2 Å². The van der Waals surface area contributed by atoms with Crippen molar-refractivity contribution in [3.8, 4) is 11.5 Å². The topological polar surface area (TPSA) is 72.0 Å². The molecular weight excluding hydrogens is 446 g/mol. The first kappa shape index (κ1) is 22.6. The number of aryl methyl sites for hydroxylation is 1. The highest BCUT2D eigenvalue weighted by Gasteiger charge is 2.30. The predicted molar refractivity (Wildman–Crippen MR) is 127 cm³/mol. The molecule has 170 valence electrons. The van der Waals surface area contributed by atoms with Crippen LogP contribution in [0, 0.1) is 6.92 Å². The largest absolute Gasteiger partial charge is 0.493 e. The van der Waals surface area contributed by atoms with E-state index in [1.165, 1.54) is 35.7 Å². The standard InChI is InChI=1S/C23H27N3O4S2/c1-17-4-6-18(7-5-17)14-19-16-31-23(24-19)25-10-12-26(13-11-25)32(27,28)20-8-9-21(29-2)22(15-20)30-3/h4-9,15-16H,10-14H2,1-3H3. The number of benzene rings is 2. The van der Waals surface area contributed by atoms with Gasteiger partial charge in [0, 0.05) is 44.0 Å². The van der Waals surface area contributed by atoms with Crippen LogP contribution in [-0.2, 0) is 16.4 Å². The highest BCUT2D eigenvalue weighted by molar-refractivity contribution is 7.89. The van der Waals surface area contributed by atoms with Crippen LogP contribution in [0.5, 0.6) is 11.5 Å². The lowest BCUT2D eigenvalue weighted by atomic mass is 10.1. The molecule has 2 aromatic carbocycles. The summed E-state index contributed by atoms with van der Waals surface area (Å²) in [5.74, 6) is 0.901. The number of sulfonamides is 1. The molecule has 9 heteroatoms. The third kappa shape index (κ3) is 4.74. The molecule has 4 rings (SSSR count). The number of nitrogens with zero attached hydrogens (tertiary/aromatic N) is 3. The Balaban J connectivity index is 1.41. The maximum atomic E-state index is 13.1. The number of thiazole rings is 1. The van der Waals surface area contributed by atoms with Gasteiger partial charge in [-0.25, -0.2) is 13.4 Å². The third-order valence-electron chi connectivity index (χ3n) is 5.55. The average Bonchev–Trinajstić information content (AvgIpc) is 3.28. The van der Waals surface area contributed by atoms with Crippen LogP contribution in [0.15, 0.2) is 52.7 Å². The van der Waals surface area contributed by atoms with Gasteiger partial charge >= 0.3 is 0 Å². The Morgan fingerprint density at radius 1 is 0.969 bits per heavy atom. The number of rotatable bonds is 7. The average molecular weight is 474 g/mol. The Morgan fingerprint density at radius 2 is 1.66 bits per heavy atom. The first-order valence-corrected chi connectivity index (χ1v) is 12.7. The van der Waals surface area contributed by atoms with Gasteiger partial charge in [-0.05, 0) is 24.6 Å². The lowest BCUT2D eigenvalue weighted by Crippen LogP contribution is -2.48. The molecule has 1 aliphatic heterocycles. The fourth-order valence-electron chi connectivity index (χ4n) is 3.68. The molecule has 0 amide bonds. The Labute approximate surface area is 193 Å². The first-order valence-electron chi connectivity index (χ1n) is 10.4. The number of piperazine rings is 1. The molecule has 32 heavy (non-hydrogen) atoms. The lowest BCUT2D eigenvalue weighted by Gasteiger charge is -2.33. The lowest BCUT2D eigenvalue weighted by molar-refractivity contribution is 0.353. The smallest absolute Gasteiger partial charge is 0.243 e. The van der Waals surface area contributed by atoms with Crippen molar-refractivity contribution in [1.29, 1.82) is 0 Å². The van der Waals surface area contributed by atoms with E-state index < -0.39 is 10.0 Å². The quantitative estimate of drug-likeness (QED) is 0.522. The van der Waals surface area contributed by atoms with Crippen molar-refractivity contribution in [2.24, 2.45) is 0 Å². The molecule has 0 unspecified atom stereocenters. The van der Waals surface area contributed by atoms with E-state index in [1.807, 2.05) is 0 Å². The molecule has 0 bridgehead atoms. The molecule has 0 spiro atoms. The van der Waals surface area contributed by atoms with E-state index in [4.69, 9.17) is 14.5 Å². The summed E-state index contributed by atoms with van der Waals surface area (Å²) in [7, 11) is -0.592. The van der Waals surface area contributed by atoms with E-state index in [0.29, 0.717) is 37.7 Å². The molecule has 0 radical (unpaired) electrons. The van der Waals surface area contributed by atoms with Gasteiger partial charge in [0.2, 0.25) is 10.0 Å². The zero-order chi connectivity index (χ0) is 22.7. The van der Waals surface area contributed by atoms with Gasteiger partial charge < -0.3 is 14.4 Å². The minimum absolute atomic E-state index is 0.207. The van der Waals surface area contributed by atoms with Crippen molar-refractivity contribution >= 4 is 26.5 Å². The molecule has 0 N–H and O–H groups in total. The second kappa shape index (κ2) is 9.48. The number of hydrogen-bond donors (Lipinski definition) is 0. The van der Waals surface area contributed by atoms with Gasteiger partial charge in [-0.3, -0.25) is 0 Å². The molecule has 7 nitrogen and oxygen atoms in total. The van der Waals surface area contributed by atoms with Crippen LogP contribution in [0.1, 0.15) is 16.8 Å². The van der Waals surface area contributed by atoms with Crippen LogP contribution in [0.3, 0.4) is 0 Å². The van der Waals surface area contributed by atoms with Gasteiger partial charge in [0.05, 0.1) is 24.8 Å². The second-order valence-corrected chi connectivity index (χ2v) is 10.5. The summed E-state index contributed by atoms with van der Waals surface area (Å²) < 4.78 is 38.2. The van der Waals surface area contributed by atoms with Gasteiger partial charge in [0.1, 0.15) is 0 Å². The summed E-state index contributed by atoms with van der Waals surface area (Å²) in [5.41, 5.74) is 3.51. The summed E-state index contributed by atoms with van der Waals surface area (Å²) in [5, 5.41) is 3.03. The van der Waals surface area contributed by atoms with Crippen molar-refractivity contribution in [1.82, 2.24) is 9.29 Å². The van der Waals surface area contributed by atoms with Gasteiger partial charge in [-0.1, -0.05) is 29.8 Å². The number of methoxy groups -OCH3 is 2. The van der Waals surface area contributed by atoms with E-state index in [2.05, 4.69) is 41.5 Å². The van der Waals surface area contributed by atoms with E-state index in [1.54, 1.807) is 23.5 Å². The Bertz CT molecular complexity index is 1170. The van der Waals surface area contributed by atoms with Crippen LogP contribution in [0.25, 0.3) is 0 Å². The van der Waals surface area contributed by atoms with Gasteiger partial charge in [0.15, 0.2) is 16.6 Å². The van der Waals surface area contributed by atoms with Crippen LogP contribution >= 0.6 is 11.3 Å². The number of aromatic nitrogens is 1. The zero-order valence-electron chi connectivity index (χ0n) is 18.4. The summed E-state index contributed by atoms with van der Waals surface area (Å²) in [6.45, 7) is 4.09. The van der Waals surface area contributed by atoms with Crippen molar-refractivity contribution in [2.75, 3.05) is 45.3 Å². The maximum Gasteiger partial charge on any atom is 0.243 e. The monoisotopic (exact) mass is 473 g/mol. The zero-order valence-corrected chi connectivity index (χ0v) is 20.1. The fourth-order valence-corrected chi connectivity index (χ4v) is 6.00. The molecule has 0 atom stereocenters. The van der Waals surface area contributed by atoms with Crippen molar-refractivity contribution in [2.45, 2.75) is 18.2 Å². The molecule has 3 aromatic rings. The SMILES string of the molecule is COc1ccc(S(=O)(=O)N2CCN(c3nc(Cc4ccc(C)cc4)cs3)CC2)cc1OC. The second-order valence-electron chi connectivity index (χ2n) is 7.69. The molecule has 0 aliphatic carbocycles. The molecule has 1 aromatic heterocycles. The maximum absolute atomic E-state index is 13.1. The molecule has 2 heterocycles. The highest BCUT2D eigenvalue weighted by atomic mass is 32.2. The van der Waals surface area contributed by atoms with E-state index in [9.17, 15) is 8.42 Å². The predicted octanol–water partition coefficient (Wildman–Crippen LogP) is 3.57. The number of anilines is 1. The fraction of sp³-hybridized carbons (Fsp3) is 0.348. The Morgan fingerprint density at radius 3 is 2.31 bits per heavy atom. The minimum atomic E-state index is -3.61. The van der Waals surface area contributed by atoms with Gasteiger partial charge in [-0.2, -0.15) is 4.31 Å². The number of hydrogen-bond acceptors (Lipinski definition) is 7. The van der Waals surface area contributed by atoms with Crippen LogP contribution < -0.4 is 14.4 Å². The van der Waals surface area contributed by atoms with Crippen LogP contribution in [0.2, 0.25) is 0 Å². The Kier molecular flexibility index (Phi) is 6.68. The third-order valence-corrected chi connectivity index (χ3v) is 8.39. The first-order chi connectivity index (χ1) is 15.4. The summed E-state index contributed by atoms with van der Waals surface area (Å²) in [6, 6.07) is 13.2. The van der Waals surface area contributed by atoms with Gasteiger partial charge in [-0.15, -0.1) is 11.3 Å². The van der Waals surface area contributed by atoms with E-state index >= 15 is 0 Å². The molecular formula is C23H27N3O4S2. The van der Waals surface area contributed by atoms with Crippen LogP contribution in [-0.4, -0.2) is 58.1 Å². The number of ether oxygens (including phenoxy) is 2. The normalized spacial score (nSPS) is 15.0. The van der Waals surface area contributed by atoms with Crippen LogP contribution in [0.4, 0.5) is 5.13 Å². The van der Waals surface area contributed by atoms with Crippen molar-refractivity contribution in [3.05, 3.63) is 64.7 Å². The molecule has 1 fully saturated rings. The Hall–Kier alpha value is -2.62. The van der Waals surface area contributed by atoms with Gasteiger partial charge in [0.25, 0.3) is 0 Å². The molecule has 1 aliphatic rings. The van der Waals surface area contributed by atoms with Crippen molar-refractivity contribution < 1.29 is 17.9 Å². The van der Waals surface area contributed by atoms with E-state index in [-0.39, 0.29) is 4.90 Å².